The van der Waals surface area contributed by atoms with Gasteiger partial charge in [-0.05, 0) is 68.2 Å². The van der Waals surface area contributed by atoms with Gasteiger partial charge in [0.25, 0.3) is 0 Å². The zero-order chi connectivity index (χ0) is 18.8. The molecule has 0 aliphatic carbocycles. The van der Waals surface area contributed by atoms with E-state index in [1.54, 1.807) is 5.37 Å². The van der Waals surface area contributed by atoms with Gasteiger partial charge in [0.1, 0.15) is 5.75 Å². The summed E-state index contributed by atoms with van der Waals surface area (Å²) in [5, 5.41) is 1.63. The van der Waals surface area contributed by atoms with Crippen molar-refractivity contribution in [2.24, 2.45) is 5.73 Å². The van der Waals surface area contributed by atoms with Crippen molar-refractivity contribution >= 4 is 17.6 Å². The van der Waals surface area contributed by atoms with Crippen LogP contribution in [-0.4, -0.2) is 12.0 Å². The van der Waals surface area contributed by atoms with Gasteiger partial charge in [0.2, 0.25) is 0 Å². The molecule has 0 bridgehead atoms. The van der Waals surface area contributed by atoms with Crippen LogP contribution in [0.15, 0.2) is 71.0 Å². The highest BCUT2D eigenvalue weighted by molar-refractivity contribution is 7.79. The Balaban J connectivity index is 2.55. The van der Waals surface area contributed by atoms with E-state index in [-0.39, 0.29) is 0 Å². The van der Waals surface area contributed by atoms with E-state index in [0.29, 0.717) is 13.0 Å². The van der Waals surface area contributed by atoms with Gasteiger partial charge in [0.05, 0.1) is 6.61 Å². The Kier molecular flexibility index (Phi) is 8.93. The molecule has 2 nitrogen and oxygen atoms in total. The minimum absolute atomic E-state index is 0.611. The summed E-state index contributed by atoms with van der Waals surface area (Å²) in [4.78, 5) is 0. The van der Waals surface area contributed by atoms with Gasteiger partial charge in [0.15, 0.2) is 0 Å². The molecule has 0 radical (unpaired) electrons. The molecule has 0 spiro atoms. The average molecular weight is 356 g/mol. The molecule has 0 heterocycles. The highest BCUT2D eigenvalue weighted by Gasteiger charge is 2.03. The Morgan fingerprint density at radius 3 is 2.60 bits per heavy atom. The number of hydrogen-bond acceptors (Lipinski definition) is 3. The van der Waals surface area contributed by atoms with E-state index in [4.69, 9.17) is 22.7 Å². The molecule has 0 atom stereocenters. The van der Waals surface area contributed by atoms with Crippen LogP contribution in [0.1, 0.15) is 39.2 Å². The number of thiocarbonyl (C=S) groups is 1. The third kappa shape index (κ3) is 7.99. The smallest absolute Gasteiger partial charge is 0.119 e. The fourth-order valence-electron chi connectivity index (χ4n) is 2.28. The Labute approximate surface area is 157 Å². The number of nitrogens with two attached hydrogens (primary N) is 1. The van der Waals surface area contributed by atoms with E-state index in [1.165, 1.54) is 5.56 Å². The van der Waals surface area contributed by atoms with Gasteiger partial charge >= 0.3 is 0 Å². The molecule has 0 aliphatic rings. The van der Waals surface area contributed by atoms with Crippen LogP contribution in [0.3, 0.4) is 0 Å². The number of ether oxygens (including phenoxy) is 1. The Hall–Kier alpha value is -2.13. The van der Waals surface area contributed by atoms with Gasteiger partial charge in [-0.1, -0.05) is 42.6 Å². The lowest BCUT2D eigenvalue weighted by atomic mass is 10.0. The summed E-state index contributed by atoms with van der Waals surface area (Å²) in [5.74, 6) is 0.895. The standard InChI is InChI=1S/C22H29NOS/c1-16-7-6-8-21(13-16)24-11-9-17(2)14-22(23)20(5)15-19(4)18(3)10-12-25/h6-8,10,12-13,15H,2,9,11,14,23H2,1,3-5H3. The molecular weight excluding hydrogens is 326 g/mol. The van der Waals surface area contributed by atoms with E-state index < -0.39 is 0 Å². The van der Waals surface area contributed by atoms with Gasteiger partial charge < -0.3 is 10.5 Å². The van der Waals surface area contributed by atoms with E-state index in [9.17, 15) is 0 Å². The largest absolute Gasteiger partial charge is 0.493 e. The Morgan fingerprint density at radius 2 is 1.96 bits per heavy atom. The molecule has 1 aromatic carbocycles. The second-order valence-corrected chi connectivity index (χ2v) is 6.64. The zero-order valence-corrected chi connectivity index (χ0v) is 16.6. The molecule has 0 saturated heterocycles. The number of aryl methyl sites for hydroxylation is 1. The average Bonchev–Trinajstić information content (AvgIpc) is 2.54. The Bertz CT molecular complexity index is 710. The van der Waals surface area contributed by atoms with Crippen LogP contribution in [0.2, 0.25) is 0 Å². The topological polar surface area (TPSA) is 35.2 Å². The van der Waals surface area contributed by atoms with Gasteiger partial charge in [-0.2, -0.15) is 0 Å². The van der Waals surface area contributed by atoms with Gasteiger partial charge in [-0.15, -0.1) is 0 Å². The highest BCUT2D eigenvalue weighted by atomic mass is 32.1. The van der Waals surface area contributed by atoms with Crippen molar-refractivity contribution < 1.29 is 4.74 Å². The van der Waals surface area contributed by atoms with Crippen molar-refractivity contribution in [3.05, 3.63) is 76.5 Å². The third-order valence-corrected chi connectivity index (χ3v) is 4.17. The lowest BCUT2D eigenvalue weighted by molar-refractivity contribution is 0.320. The lowest BCUT2D eigenvalue weighted by Gasteiger charge is -2.11. The van der Waals surface area contributed by atoms with E-state index in [0.717, 1.165) is 40.2 Å². The number of rotatable bonds is 9. The Morgan fingerprint density at radius 1 is 1.24 bits per heavy atom. The van der Waals surface area contributed by atoms with Crippen LogP contribution < -0.4 is 10.5 Å². The van der Waals surface area contributed by atoms with Gasteiger partial charge in [-0.25, -0.2) is 0 Å². The molecule has 0 fully saturated rings. The van der Waals surface area contributed by atoms with Crippen LogP contribution in [-0.2, 0) is 0 Å². The fraction of sp³-hybridized carbons (Fsp3) is 0.318. The SMILES string of the molecule is C=C(CCOc1cccc(C)c1)CC(N)=C(C)C=C(C)C(C)=CC=S. The number of hydrogen-bond donors (Lipinski definition) is 1. The molecule has 0 amide bonds. The summed E-state index contributed by atoms with van der Waals surface area (Å²) in [6.07, 6.45) is 5.49. The first-order valence-corrected chi connectivity index (χ1v) is 8.92. The molecule has 0 aliphatic heterocycles. The molecule has 1 rings (SSSR count). The summed E-state index contributed by atoms with van der Waals surface area (Å²) in [5.41, 5.74) is 12.7. The zero-order valence-electron chi connectivity index (χ0n) is 15.8. The normalized spacial score (nSPS) is 13.3. The maximum Gasteiger partial charge on any atom is 0.119 e. The fourth-order valence-corrected chi connectivity index (χ4v) is 2.48. The van der Waals surface area contributed by atoms with Gasteiger partial charge in [0, 0.05) is 23.9 Å². The highest BCUT2D eigenvalue weighted by Crippen LogP contribution is 2.18. The molecule has 134 valence electrons. The van der Waals surface area contributed by atoms with Gasteiger partial charge in [-0.3, -0.25) is 0 Å². The minimum atomic E-state index is 0.611. The van der Waals surface area contributed by atoms with Crippen LogP contribution in [0.4, 0.5) is 0 Å². The maximum atomic E-state index is 6.23. The summed E-state index contributed by atoms with van der Waals surface area (Å²) in [6, 6.07) is 8.06. The van der Waals surface area contributed by atoms with E-state index >= 15 is 0 Å². The summed E-state index contributed by atoms with van der Waals surface area (Å²) >= 11 is 4.86. The van der Waals surface area contributed by atoms with Crippen molar-refractivity contribution in [1.29, 1.82) is 0 Å². The predicted octanol–water partition coefficient (Wildman–Crippen LogP) is 5.84. The van der Waals surface area contributed by atoms with Crippen LogP contribution in [0, 0.1) is 6.92 Å². The predicted molar refractivity (Wildman–Crippen MR) is 113 cm³/mol. The molecule has 0 saturated carbocycles. The first-order valence-electron chi connectivity index (χ1n) is 8.45. The first kappa shape index (κ1) is 20.9. The monoisotopic (exact) mass is 355 g/mol. The molecule has 25 heavy (non-hydrogen) atoms. The van der Waals surface area contributed by atoms with Crippen molar-refractivity contribution in [3.63, 3.8) is 0 Å². The maximum absolute atomic E-state index is 6.23. The van der Waals surface area contributed by atoms with E-state index in [2.05, 4.69) is 32.6 Å². The molecule has 1 aromatic rings. The van der Waals surface area contributed by atoms with Crippen molar-refractivity contribution in [3.8, 4) is 5.75 Å². The summed E-state index contributed by atoms with van der Waals surface area (Å²) in [6.45, 7) is 12.9. The van der Waals surface area contributed by atoms with Crippen molar-refractivity contribution in [2.75, 3.05) is 6.61 Å². The first-order chi connectivity index (χ1) is 11.8. The van der Waals surface area contributed by atoms with Crippen LogP contribution in [0.5, 0.6) is 5.75 Å². The number of allylic oxidation sites excluding steroid dienone is 6. The van der Waals surface area contributed by atoms with Crippen LogP contribution >= 0.6 is 12.2 Å². The molecule has 0 aromatic heterocycles. The second kappa shape index (κ2) is 10.7. The van der Waals surface area contributed by atoms with E-state index in [1.807, 2.05) is 38.1 Å². The summed E-state index contributed by atoms with van der Waals surface area (Å²) in [7, 11) is 0. The molecule has 0 unspecified atom stereocenters. The number of benzene rings is 1. The third-order valence-electron chi connectivity index (χ3n) is 4.03. The summed E-state index contributed by atoms with van der Waals surface area (Å²) < 4.78 is 5.77. The molecular formula is C22H29NOS. The van der Waals surface area contributed by atoms with Crippen molar-refractivity contribution in [2.45, 2.75) is 40.5 Å². The van der Waals surface area contributed by atoms with Crippen molar-refractivity contribution in [1.82, 2.24) is 0 Å². The minimum Gasteiger partial charge on any atom is -0.493 e. The lowest BCUT2D eigenvalue weighted by Crippen LogP contribution is -2.05. The van der Waals surface area contributed by atoms with Crippen LogP contribution in [0.25, 0.3) is 0 Å². The molecule has 3 heteroatoms. The quantitative estimate of drug-likeness (QED) is 0.262. The molecule has 2 N–H and O–H groups in total. The second-order valence-electron chi connectivity index (χ2n) is 6.36.